The van der Waals surface area contributed by atoms with Crippen molar-refractivity contribution in [3.05, 3.63) is 21.9 Å². The average Bonchev–Trinajstić information content (AvgIpc) is 2.52. The molecule has 0 unspecified atom stereocenters. The summed E-state index contributed by atoms with van der Waals surface area (Å²) in [6, 6.07) is 2.16. The zero-order valence-electron chi connectivity index (χ0n) is 8.18. The lowest BCUT2D eigenvalue weighted by Crippen LogP contribution is -2.13. The van der Waals surface area contributed by atoms with Gasteiger partial charge in [0.05, 0.1) is 0 Å². The van der Waals surface area contributed by atoms with Crippen LogP contribution in [0.2, 0.25) is 0 Å². The summed E-state index contributed by atoms with van der Waals surface area (Å²) >= 11 is 1.81. The Balaban J connectivity index is 2.19. The third-order valence-electron chi connectivity index (χ3n) is 1.86. The van der Waals surface area contributed by atoms with Crippen LogP contribution < -0.4 is 5.32 Å². The molecule has 0 spiro atoms. The van der Waals surface area contributed by atoms with Crippen LogP contribution in [0.15, 0.2) is 11.4 Å². The predicted molar refractivity (Wildman–Crippen MR) is 58.8 cm³/mol. The van der Waals surface area contributed by atoms with Gasteiger partial charge in [0, 0.05) is 24.4 Å². The summed E-state index contributed by atoms with van der Waals surface area (Å²) < 4.78 is 0. The highest BCUT2D eigenvalue weighted by Crippen LogP contribution is 2.14. The summed E-state index contributed by atoms with van der Waals surface area (Å²) in [5.74, 6) is 5.92. The third kappa shape index (κ3) is 3.63. The van der Waals surface area contributed by atoms with Gasteiger partial charge in [0.2, 0.25) is 0 Å². The SMILES string of the molecule is CC#CCCNCc1sccc1C. The monoisotopic (exact) mass is 193 g/mol. The van der Waals surface area contributed by atoms with Crippen LogP contribution in [0.5, 0.6) is 0 Å². The van der Waals surface area contributed by atoms with Gasteiger partial charge in [0.15, 0.2) is 0 Å². The highest BCUT2D eigenvalue weighted by Gasteiger charge is 1.97. The molecule has 0 saturated carbocycles. The second kappa shape index (κ2) is 5.80. The van der Waals surface area contributed by atoms with Crippen LogP contribution in [0.3, 0.4) is 0 Å². The van der Waals surface area contributed by atoms with Crippen molar-refractivity contribution >= 4 is 11.3 Å². The van der Waals surface area contributed by atoms with Crippen LogP contribution in [0.25, 0.3) is 0 Å². The van der Waals surface area contributed by atoms with Crippen molar-refractivity contribution in [2.45, 2.75) is 26.8 Å². The largest absolute Gasteiger partial charge is 0.311 e. The molecule has 0 aliphatic carbocycles. The van der Waals surface area contributed by atoms with Crippen LogP contribution in [-0.2, 0) is 6.54 Å². The van der Waals surface area contributed by atoms with Crippen molar-refractivity contribution in [3.8, 4) is 11.8 Å². The summed E-state index contributed by atoms with van der Waals surface area (Å²) in [5, 5.41) is 5.51. The van der Waals surface area contributed by atoms with Crippen molar-refractivity contribution < 1.29 is 0 Å². The summed E-state index contributed by atoms with van der Waals surface area (Å²) in [5.41, 5.74) is 1.39. The second-order valence-corrected chi connectivity index (χ2v) is 3.88. The smallest absolute Gasteiger partial charge is 0.0302 e. The molecule has 1 aromatic rings. The molecule has 1 N–H and O–H groups in total. The molecule has 0 radical (unpaired) electrons. The lowest BCUT2D eigenvalue weighted by molar-refractivity contribution is 0.706. The standard InChI is InChI=1S/C11H15NS/c1-3-4-5-7-12-9-11-10(2)6-8-13-11/h6,8,12H,5,7,9H2,1-2H3. The first-order valence-electron chi connectivity index (χ1n) is 4.48. The Bertz CT molecular complexity index is 303. The molecule has 2 heteroatoms. The number of aryl methyl sites for hydroxylation is 1. The summed E-state index contributed by atoms with van der Waals surface area (Å²) in [4.78, 5) is 1.43. The fourth-order valence-electron chi connectivity index (χ4n) is 1.06. The van der Waals surface area contributed by atoms with Crippen LogP contribution in [-0.4, -0.2) is 6.54 Å². The number of rotatable bonds is 4. The first-order valence-corrected chi connectivity index (χ1v) is 5.36. The maximum absolute atomic E-state index is 3.37. The normalized spacial score (nSPS) is 9.38. The van der Waals surface area contributed by atoms with Gasteiger partial charge in [-0.05, 0) is 30.9 Å². The molecular weight excluding hydrogens is 178 g/mol. The van der Waals surface area contributed by atoms with Gasteiger partial charge in [-0.1, -0.05) is 0 Å². The molecule has 0 amide bonds. The van der Waals surface area contributed by atoms with E-state index >= 15 is 0 Å². The van der Waals surface area contributed by atoms with E-state index < -0.39 is 0 Å². The Morgan fingerprint density at radius 2 is 2.38 bits per heavy atom. The Hall–Kier alpha value is -0.780. The zero-order valence-corrected chi connectivity index (χ0v) is 9.00. The van der Waals surface area contributed by atoms with E-state index in [9.17, 15) is 0 Å². The molecule has 0 fully saturated rings. The minimum atomic E-state index is 0.945. The van der Waals surface area contributed by atoms with E-state index in [1.807, 2.05) is 18.3 Å². The van der Waals surface area contributed by atoms with E-state index in [2.05, 4.69) is 35.5 Å². The van der Waals surface area contributed by atoms with Crippen molar-refractivity contribution in [2.75, 3.05) is 6.54 Å². The molecule has 70 valence electrons. The lowest BCUT2D eigenvalue weighted by atomic mass is 10.3. The molecule has 0 bridgehead atoms. The fraction of sp³-hybridized carbons (Fsp3) is 0.455. The van der Waals surface area contributed by atoms with Crippen LogP contribution >= 0.6 is 11.3 Å². The molecule has 0 aliphatic heterocycles. The van der Waals surface area contributed by atoms with Gasteiger partial charge in [-0.25, -0.2) is 0 Å². The number of nitrogens with one attached hydrogen (secondary N) is 1. The molecule has 1 nitrogen and oxygen atoms in total. The lowest BCUT2D eigenvalue weighted by Gasteiger charge is -2.00. The maximum atomic E-state index is 3.37. The molecule has 0 atom stereocenters. The van der Waals surface area contributed by atoms with E-state index in [0.717, 1.165) is 19.5 Å². The molecular formula is C11H15NS. The highest BCUT2D eigenvalue weighted by molar-refractivity contribution is 7.10. The van der Waals surface area contributed by atoms with Crippen molar-refractivity contribution in [1.82, 2.24) is 5.32 Å². The number of thiophene rings is 1. The molecule has 0 aromatic carbocycles. The van der Waals surface area contributed by atoms with Crippen LogP contribution in [0.1, 0.15) is 23.8 Å². The Labute approximate surface area is 84.2 Å². The molecule has 0 saturated heterocycles. The van der Waals surface area contributed by atoms with Gasteiger partial charge in [-0.2, -0.15) is 0 Å². The van der Waals surface area contributed by atoms with Crippen LogP contribution in [0.4, 0.5) is 0 Å². The van der Waals surface area contributed by atoms with Crippen molar-refractivity contribution in [3.63, 3.8) is 0 Å². The summed E-state index contributed by atoms with van der Waals surface area (Å²) in [6.07, 6.45) is 0.945. The van der Waals surface area contributed by atoms with Crippen molar-refractivity contribution in [2.24, 2.45) is 0 Å². The average molecular weight is 193 g/mol. The summed E-state index contributed by atoms with van der Waals surface area (Å²) in [7, 11) is 0. The molecule has 1 heterocycles. The predicted octanol–water partition coefficient (Wildman–Crippen LogP) is 2.56. The van der Waals surface area contributed by atoms with E-state index in [4.69, 9.17) is 0 Å². The summed E-state index contributed by atoms with van der Waals surface area (Å²) in [6.45, 7) is 6.00. The Morgan fingerprint density at radius 3 is 3.00 bits per heavy atom. The van der Waals surface area contributed by atoms with Gasteiger partial charge in [-0.15, -0.1) is 23.2 Å². The second-order valence-electron chi connectivity index (χ2n) is 2.88. The molecule has 1 rings (SSSR count). The Morgan fingerprint density at radius 1 is 1.54 bits per heavy atom. The van der Waals surface area contributed by atoms with Crippen molar-refractivity contribution in [1.29, 1.82) is 0 Å². The fourth-order valence-corrected chi connectivity index (χ4v) is 1.94. The quantitative estimate of drug-likeness (QED) is 0.572. The third-order valence-corrected chi connectivity index (χ3v) is 2.88. The van der Waals surface area contributed by atoms with E-state index in [-0.39, 0.29) is 0 Å². The number of hydrogen-bond acceptors (Lipinski definition) is 2. The maximum Gasteiger partial charge on any atom is 0.0302 e. The van der Waals surface area contributed by atoms with Crippen LogP contribution in [0, 0.1) is 18.8 Å². The minimum Gasteiger partial charge on any atom is -0.311 e. The first kappa shape index (κ1) is 10.3. The van der Waals surface area contributed by atoms with E-state index in [0.29, 0.717) is 0 Å². The van der Waals surface area contributed by atoms with Gasteiger partial charge >= 0.3 is 0 Å². The van der Waals surface area contributed by atoms with E-state index in [1.54, 1.807) is 0 Å². The molecule has 13 heavy (non-hydrogen) atoms. The van der Waals surface area contributed by atoms with Gasteiger partial charge in [0.25, 0.3) is 0 Å². The first-order chi connectivity index (χ1) is 6.34. The zero-order chi connectivity index (χ0) is 9.52. The topological polar surface area (TPSA) is 12.0 Å². The van der Waals surface area contributed by atoms with Gasteiger partial charge < -0.3 is 5.32 Å². The molecule has 0 aliphatic rings. The minimum absolute atomic E-state index is 0.945. The highest BCUT2D eigenvalue weighted by atomic mass is 32.1. The molecule has 1 aromatic heterocycles. The van der Waals surface area contributed by atoms with Gasteiger partial charge in [0.1, 0.15) is 0 Å². The number of hydrogen-bond donors (Lipinski definition) is 1. The van der Waals surface area contributed by atoms with Gasteiger partial charge in [-0.3, -0.25) is 0 Å². The van der Waals surface area contributed by atoms with E-state index in [1.165, 1.54) is 10.4 Å². The Kier molecular flexibility index (Phi) is 4.59.